The van der Waals surface area contributed by atoms with Crippen LogP contribution in [0.5, 0.6) is 11.8 Å². The fourth-order valence-electron chi connectivity index (χ4n) is 1.82. The van der Waals surface area contributed by atoms with Gasteiger partial charge < -0.3 is 20.5 Å². The lowest BCUT2D eigenvalue weighted by Crippen LogP contribution is -2.24. The Balaban J connectivity index is 2.04. The van der Waals surface area contributed by atoms with Gasteiger partial charge in [0.1, 0.15) is 5.69 Å². The predicted octanol–water partition coefficient (Wildman–Crippen LogP) is 0.290. The minimum Gasteiger partial charge on any atom is -0.481 e. The van der Waals surface area contributed by atoms with Gasteiger partial charge in [-0.3, -0.25) is 9.48 Å². The van der Waals surface area contributed by atoms with Crippen molar-refractivity contribution in [1.29, 1.82) is 0 Å². The van der Waals surface area contributed by atoms with Crippen LogP contribution in [0.4, 0.5) is 5.95 Å². The highest BCUT2D eigenvalue weighted by Crippen LogP contribution is 2.17. The topological polar surface area (TPSA) is 117 Å². The molecule has 0 saturated heterocycles. The number of aromatic nitrogens is 4. The smallest absolute Gasteiger partial charge is 0.269 e. The van der Waals surface area contributed by atoms with Gasteiger partial charge in [-0.05, 0) is 13.0 Å². The molecule has 0 fully saturated rings. The van der Waals surface area contributed by atoms with Gasteiger partial charge in [0, 0.05) is 12.2 Å². The number of nitrogens with two attached hydrogens (primary N) is 1. The van der Waals surface area contributed by atoms with Gasteiger partial charge in [-0.15, -0.1) is 0 Å². The number of anilines is 1. The van der Waals surface area contributed by atoms with Gasteiger partial charge in [0.2, 0.25) is 17.7 Å². The molecule has 0 aliphatic carbocycles. The predicted molar refractivity (Wildman–Crippen MR) is 79.0 cm³/mol. The van der Waals surface area contributed by atoms with Crippen LogP contribution < -0.4 is 20.5 Å². The Kier molecular flexibility index (Phi) is 4.77. The summed E-state index contributed by atoms with van der Waals surface area (Å²) in [5, 5.41) is 7.19. The summed E-state index contributed by atoms with van der Waals surface area (Å²) in [6.07, 6.45) is 1.69. The molecule has 0 unspecified atom stereocenters. The Labute approximate surface area is 127 Å². The SMILES string of the molecule is COc1cc(OC)nc(N[C@@H](C)Cn2ccc(C(N)=O)n2)n1. The van der Waals surface area contributed by atoms with Crippen molar-refractivity contribution in [2.24, 2.45) is 5.73 Å². The average Bonchev–Trinajstić information content (AvgIpc) is 2.95. The molecule has 2 rings (SSSR count). The zero-order chi connectivity index (χ0) is 16.1. The normalized spacial score (nSPS) is 11.8. The van der Waals surface area contributed by atoms with Crippen molar-refractivity contribution in [3.8, 4) is 11.8 Å². The standard InChI is InChI=1S/C13H18N6O3/c1-8(7-19-5-4-9(18-19)12(14)20)15-13-16-10(21-2)6-11(17-13)22-3/h4-6,8H,7H2,1-3H3,(H2,14,20)(H,15,16,17)/t8-/m0/s1. The fourth-order valence-corrected chi connectivity index (χ4v) is 1.82. The van der Waals surface area contributed by atoms with Crippen LogP contribution in [0.2, 0.25) is 0 Å². The third-order valence-corrected chi connectivity index (χ3v) is 2.83. The fraction of sp³-hybridized carbons (Fsp3) is 0.385. The summed E-state index contributed by atoms with van der Waals surface area (Å²) < 4.78 is 11.8. The molecule has 2 heterocycles. The first-order valence-corrected chi connectivity index (χ1v) is 6.58. The van der Waals surface area contributed by atoms with E-state index in [1.54, 1.807) is 23.0 Å². The molecule has 0 aliphatic rings. The van der Waals surface area contributed by atoms with Gasteiger partial charge in [0.05, 0.1) is 26.8 Å². The average molecular weight is 306 g/mol. The number of amides is 1. The van der Waals surface area contributed by atoms with Crippen molar-refractivity contribution in [3.63, 3.8) is 0 Å². The maximum absolute atomic E-state index is 11.0. The highest BCUT2D eigenvalue weighted by Gasteiger charge is 2.11. The van der Waals surface area contributed by atoms with E-state index in [2.05, 4.69) is 20.4 Å². The van der Waals surface area contributed by atoms with Gasteiger partial charge in [-0.2, -0.15) is 15.1 Å². The molecule has 0 saturated carbocycles. The van der Waals surface area contributed by atoms with Gasteiger partial charge >= 0.3 is 0 Å². The van der Waals surface area contributed by atoms with E-state index in [1.807, 2.05) is 6.92 Å². The molecule has 22 heavy (non-hydrogen) atoms. The molecule has 0 radical (unpaired) electrons. The Hall–Kier alpha value is -2.84. The first-order chi connectivity index (χ1) is 10.5. The molecule has 0 bridgehead atoms. The van der Waals surface area contributed by atoms with E-state index >= 15 is 0 Å². The summed E-state index contributed by atoms with van der Waals surface area (Å²) in [4.78, 5) is 19.4. The number of hydrogen-bond donors (Lipinski definition) is 2. The number of ether oxygens (including phenoxy) is 2. The zero-order valence-corrected chi connectivity index (χ0v) is 12.6. The maximum atomic E-state index is 11.0. The van der Waals surface area contributed by atoms with Crippen LogP contribution in [0.1, 0.15) is 17.4 Å². The third-order valence-electron chi connectivity index (χ3n) is 2.83. The highest BCUT2D eigenvalue weighted by atomic mass is 16.5. The van der Waals surface area contributed by atoms with E-state index in [4.69, 9.17) is 15.2 Å². The van der Waals surface area contributed by atoms with Crippen LogP contribution in [0.3, 0.4) is 0 Å². The lowest BCUT2D eigenvalue weighted by Gasteiger charge is -2.14. The molecule has 118 valence electrons. The number of nitrogens with zero attached hydrogens (tertiary/aromatic N) is 4. The summed E-state index contributed by atoms with van der Waals surface area (Å²) in [6.45, 7) is 2.44. The van der Waals surface area contributed by atoms with Gasteiger partial charge in [-0.25, -0.2) is 0 Å². The van der Waals surface area contributed by atoms with Crippen molar-refractivity contribution in [2.75, 3.05) is 19.5 Å². The maximum Gasteiger partial charge on any atom is 0.269 e. The lowest BCUT2D eigenvalue weighted by atomic mass is 10.3. The van der Waals surface area contributed by atoms with Crippen LogP contribution in [0.15, 0.2) is 18.3 Å². The van der Waals surface area contributed by atoms with Gasteiger partial charge in [0.15, 0.2) is 0 Å². The van der Waals surface area contributed by atoms with Crippen molar-refractivity contribution in [3.05, 3.63) is 24.0 Å². The van der Waals surface area contributed by atoms with E-state index in [1.165, 1.54) is 14.2 Å². The number of nitrogens with one attached hydrogen (secondary N) is 1. The van der Waals surface area contributed by atoms with Gasteiger partial charge in [0.25, 0.3) is 5.91 Å². The second kappa shape index (κ2) is 6.74. The largest absolute Gasteiger partial charge is 0.481 e. The number of primary amides is 1. The van der Waals surface area contributed by atoms with Gasteiger partial charge in [-0.1, -0.05) is 0 Å². The van der Waals surface area contributed by atoms with Crippen LogP contribution >= 0.6 is 0 Å². The first kappa shape index (κ1) is 15.5. The third kappa shape index (κ3) is 3.84. The molecule has 9 heteroatoms. The minimum absolute atomic E-state index is 0.0440. The van der Waals surface area contributed by atoms with Crippen molar-refractivity contribution in [2.45, 2.75) is 19.5 Å². The molecule has 1 atom stereocenters. The molecule has 1 amide bonds. The molecule has 3 N–H and O–H groups in total. The number of rotatable bonds is 7. The van der Waals surface area contributed by atoms with Crippen LogP contribution in [-0.4, -0.2) is 45.9 Å². The Bertz CT molecular complexity index is 635. The molecule has 0 aliphatic heterocycles. The van der Waals surface area contributed by atoms with Crippen molar-refractivity contribution in [1.82, 2.24) is 19.7 Å². The van der Waals surface area contributed by atoms with E-state index in [9.17, 15) is 4.79 Å². The number of methoxy groups -OCH3 is 2. The second-order valence-corrected chi connectivity index (χ2v) is 4.61. The number of hydrogen-bond acceptors (Lipinski definition) is 7. The summed E-state index contributed by atoms with van der Waals surface area (Å²) >= 11 is 0. The Morgan fingerprint density at radius 3 is 2.50 bits per heavy atom. The molecule has 9 nitrogen and oxygen atoms in total. The molecular weight excluding hydrogens is 288 g/mol. The second-order valence-electron chi connectivity index (χ2n) is 4.61. The van der Waals surface area contributed by atoms with Crippen LogP contribution in [0.25, 0.3) is 0 Å². The van der Waals surface area contributed by atoms with Crippen LogP contribution in [0, 0.1) is 0 Å². The summed E-state index contributed by atoms with van der Waals surface area (Å²) in [5.41, 5.74) is 5.40. The van der Waals surface area contributed by atoms with E-state index < -0.39 is 5.91 Å². The highest BCUT2D eigenvalue weighted by molar-refractivity contribution is 5.90. The summed E-state index contributed by atoms with van der Waals surface area (Å²) in [5.74, 6) is 0.625. The Morgan fingerprint density at radius 1 is 1.36 bits per heavy atom. The molecule has 2 aromatic heterocycles. The monoisotopic (exact) mass is 306 g/mol. The Morgan fingerprint density at radius 2 is 2.00 bits per heavy atom. The lowest BCUT2D eigenvalue weighted by molar-refractivity contribution is 0.0994. The van der Waals surface area contributed by atoms with E-state index in [-0.39, 0.29) is 11.7 Å². The molecule has 0 aromatic carbocycles. The molecular formula is C13H18N6O3. The van der Waals surface area contributed by atoms with E-state index in [0.717, 1.165) is 0 Å². The quantitative estimate of drug-likeness (QED) is 0.755. The summed E-state index contributed by atoms with van der Waals surface area (Å²) in [6, 6.07) is 3.11. The summed E-state index contributed by atoms with van der Waals surface area (Å²) in [7, 11) is 3.04. The van der Waals surface area contributed by atoms with Crippen molar-refractivity contribution >= 4 is 11.9 Å². The molecule has 0 spiro atoms. The van der Waals surface area contributed by atoms with E-state index in [0.29, 0.717) is 24.3 Å². The number of carbonyl (C=O) groups is 1. The zero-order valence-electron chi connectivity index (χ0n) is 12.6. The van der Waals surface area contributed by atoms with Crippen molar-refractivity contribution < 1.29 is 14.3 Å². The first-order valence-electron chi connectivity index (χ1n) is 6.58. The molecule has 2 aromatic rings. The van der Waals surface area contributed by atoms with Crippen LogP contribution in [-0.2, 0) is 6.54 Å². The number of carbonyl (C=O) groups excluding carboxylic acids is 1. The minimum atomic E-state index is -0.555.